The van der Waals surface area contributed by atoms with E-state index in [2.05, 4.69) is 10.3 Å². The molecule has 1 heterocycles. The van der Waals surface area contributed by atoms with E-state index in [1.165, 1.54) is 0 Å². The molecule has 0 radical (unpaired) electrons. The molecule has 0 aliphatic carbocycles. The maximum Gasteiger partial charge on any atom is 0.230 e. The molecule has 23 heavy (non-hydrogen) atoms. The van der Waals surface area contributed by atoms with E-state index in [-0.39, 0.29) is 12.3 Å². The van der Waals surface area contributed by atoms with Gasteiger partial charge < -0.3 is 9.73 Å². The number of aromatic nitrogens is 1. The Balaban J connectivity index is 1.73. The minimum absolute atomic E-state index is 0.105. The van der Waals surface area contributed by atoms with E-state index in [1.807, 2.05) is 68.4 Å². The molecule has 4 nitrogen and oxygen atoms in total. The van der Waals surface area contributed by atoms with Gasteiger partial charge in [0.15, 0.2) is 0 Å². The van der Waals surface area contributed by atoms with Crippen LogP contribution >= 0.6 is 0 Å². The summed E-state index contributed by atoms with van der Waals surface area (Å²) in [6.45, 7) is 3.82. The monoisotopic (exact) mass is 306 g/mol. The summed E-state index contributed by atoms with van der Waals surface area (Å²) >= 11 is 0. The highest BCUT2D eigenvalue weighted by atomic mass is 16.4. The number of amides is 1. The Hall–Kier alpha value is -2.88. The molecule has 0 unspecified atom stereocenters. The zero-order valence-electron chi connectivity index (χ0n) is 13.2. The summed E-state index contributed by atoms with van der Waals surface area (Å²) in [5.41, 5.74) is 3.46. The average Bonchev–Trinajstić information content (AvgIpc) is 2.89. The highest BCUT2D eigenvalue weighted by Gasteiger charge is 2.14. The van der Waals surface area contributed by atoms with Crippen molar-refractivity contribution >= 4 is 11.6 Å². The van der Waals surface area contributed by atoms with E-state index in [0.717, 1.165) is 16.8 Å². The van der Waals surface area contributed by atoms with Crippen molar-refractivity contribution in [1.29, 1.82) is 0 Å². The molecule has 116 valence electrons. The molecule has 1 amide bonds. The number of oxazole rings is 1. The van der Waals surface area contributed by atoms with Gasteiger partial charge in [-0.15, -0.1) is 0 Å². The van der Waals surface area contributed by atoms with Crippen LogP contribution in [0.1, 0.15) is 17.0 Å². The lowest BCUT2D eigenvalue weighted by atomic mass is 10.2. The first-order valence-corrected chi connectivity index (χ1v) is 7.50. The highest BCUT2D eigenvalue weighted by molar-refractivity contribution is 5.92. The van der Waals surface area contributed by atoms with Gasteiger partial charge in [-0.05, 0) is 43.7 Å². The number of anilines is 1. The first kappa shape index (κ1) is 15.0. The predicted molar refractivity (Wildman–Crippen MR) is 90.2 cm³/mol. The third kappa shape index (κ3) is 3.66. The molecular formula is C19H18N2O2. The first-order chi connectivity index (χ1) is 11.1. The molecule has 0 aliphatic heterocycles. The van der Waals surface area contributed by atoms with Crippen molar-refractivity contribution in [3.63, 3.8) is 0 Å². The van der Waals surface area contributed by atoms with Gasteiger partial charge in [0.05, 0.1) is 12.1 Å². The second kappa shape index (κ2) is 6.48. The molecule has 0 atom stereocenters. The maximum absolute atomic E-state index is 12.2. The number of hydrogen-bond acceptors (Lipinski definition) is 3. The molecule has 0 fully saturated rings. The van der Waals surface area contributed by atoms with Gasteiger partial charge in [-0.2, -0.15) is 0 Å². The third-order valence-electron chi connectivity index (χ3n) is 3.54. The van der Waals surface area contributed by atoms with E-state index < -0.39 is 0 Å². The molecule has 3 aromatic rings. The number of benzene rings is 2. The standard InChI is InChI=1S/C19H18N2O2/c1-13-7-6-10-16(11-13)20-18(22)12-17-14(2)23-19(21-17)15-8-4-3-5-9-15/h3-11H,12H2,1-2H3,(H,20,22). The Morgan fingerprint density at radius 3 is 2.61 bits per heavy atom. The van der Waals surface area contributed by atoms with Gasteiger partial charge in [0.1, 0.15) is 5.76 Å². The van der Waals surface area contributed by atoms with Crippen LogP contribution in [0.15, 0.2) is 59.0 Å². The van der Waals surface area contributed by atoms with Crippen LogP contribution in [0.5, 0.6) is 0 Å². The molecule has 3 rings (SSSR count). The summed E-state index contributed by atoms with van der Waals surface area (Å²) in [6.07, 6.45) is 0.191. The van der Waals surface area contributed by atoms with Crippen molar-refractivity contribution in [3.8, 4) is 11.5 Å². The van der Waals surface area contributed by atoms with Crippen LogP contribution in [0, 0.1) is 13.8 Å². The molecule has 4 heteroatoms. The topological polar surface area (TPSA) is 55.1 Å². The van der Waals surface area contributed by atoms with E-state index in [4.69, 9.17) is 4.42 Å². The predicted octanol–water partition coefficient (Wildman–Crippen LogP) is 4.14. The number of nitrogens with one attached hydrogen (secondary N) is 1. The van der Waals surface area contributed by atoms with E-state index in [1.54, 1.807) is 0 Å². The Morgan fingerprint density at radius 2 is 1.87 bits per heavy atom. The highest BCUT2D eigenvalue weighted by Crippen LogP contribution is 2.22. The quantitative estimate of drug-likeness (QED) is 0.788. The van der Waals surface area contributed by atoms with Crippen LogP contribution in [0.25, 0.3) is 11.5 Å². The van der Waals surface area contributed by atoms with Gasteiger partial charge in [-0.3, -0.25) is 4.79 Å². The number of aryl methyl sites for hydroxylation is 2. The summed E-state index contributed by atoms with van der Waals surface area (Å²) < 4.78 is 5.68. The van der Waals surface area contributed by atoms with Crippen LogP contribution in [-0.4, -0.2) is 10.9 Å². The Labute approximate surface area is 135 Å². The smallest absolute Gasteiger partial charge is 0.230 e. The summed E-state index contributed by atoms with van der Waals surface area (Å²) in [7, 11) is 0. The number of rotatable bonds is 4. The number of carbonyl (C=O) groups is 1. The van der Waals surface area contributed by atoms with Gasteiger partial charge in [0.2, 0.25) is 11.8 Å². The summed E-state index contributed by atoms with van der Waals surface area (Å²) in [6, 6.07) is 17.4. The van der Waals surface area contributed by atoms with E-state index in [9.17, 15) is 4.79 Å². The summed E-state index contributed by atoms with van der Waals surface area (Å²) in [5, 5.41) is 2.89. The van der Waals surface area contributed by atoms with Crippen molar-refractivity contribution in [2.24, 2.45) is 0 Å². The van der Waals surface area contributed by atoms with Crippen molar-refractivity contribution in [1.82, 2.24) is 4.98 Å². The second-order valence-electron chi connectivity index (χ2n) is 5.48. The lowest BCUT2D eigenvalue weighted by Gasteiger charge is -2.04. The van der Waals surface area contributed by atoms with Crippen LogP contribution < -0.4 is 5.32 Å². The molecule has 2 aromatic carbocycles. The lowest BCUT2D eigenvalue weighted by Crippen LogP contribution is -2.15. The Morgan fingerprint density at radius 1 is 1.09 bits per heavy atom. The minimum Gasteiger partial charge on any atom is -0.441 e. The van der Waals surface area contributed by atoms with Gasteiger partial charge in [-0.1, -0.05) is 30.3 Å². The molecule has 0 saturated carbocycles. The largest absolute Gasteiger partial charge is 0.441 e. The van der Waals surface area contributed by atoms with Gasteiger partial charge in [0, 0.05) is 11.3 Å². The fourth-order valence-electron chi connectivity index (χ4n) is 2.38. The summed E-state index contributed by atoms with van der Waals surface area (Å²) in [4.78, 5) is 16.7. The Bertz CT molecular complexity index is 822. The van der Waals surface area contributed by atoms with Crippen LogP contribution in [0.4, 0.5) is 5.69 Å². The molecular weight excluding hydrogens is 288 g/mol. The number of nitrogens with zero attached hydrogens (tertiary/aromatic N) is 1. The van der Waals surface area contributed by atoms with Gasteiger partial charge in [0.25, 0.3) is 0 Å². The van der Waals surface area contributed by atoms with Crippen molar-refractivity contribution in [3.05, 3.63) is 71.6 Å². The molecule has 0 aliphatic rings. The van der Waals surface area contributed by atoms with Crippen LogP contribution in [0.2, 0.25) is 0 Å². The Kier molecular flexibility index (Phi) is 4.24. The molecule has 1 N–H and O–H groups in total. The fraction of sp³-hybridized carbons (Fsp3) is 0.158. The first-order valence-electron chi connectivity index (χ1n) is 7.50. The van der Waals surface area contributed by atoms with Gasteiger partial charge >= 0.3 is 0 Å². The fourth-order valence-corrected chi connectivity index (χ4v) is 2.38. The number of hydrogen-bond donors (Lipinski definition) is 1. The van der Waals surface area contributed by atoms with Gasteiger partial charge in [-0.25, -0.2) is 4.98 Å². The third-order valence-corrected chi connectivity index (χ3v) is 3.54. The lowest BCUT2D eigenvalue weighted by molar-refractivity contribution is -0.115. The maximum atomic E-state index is 12.2. The SMILES string of the molecule is Cc1cccc(NC(=O)Cc2nc(-c3ccccc3)oc2C)c1. The molecule has 0 saturated heterocycles. The minimum atomic E-state index is -0.105. The summed E-state index contributed by atoms with van der Waals surface area (Å²) in [5.74, 6) is 1.11. The van der Waals surface area contributed by atoms with Crippen molar-refractivity contribution in [2.45, 2.75) is 20.3 Å². The van der Waals surface area contributed by atoms with E-state index >= 15 is 0 Å². The zero-order valence-corrected chi connectivity index (χ0v) is 13.2. The molecule has 0 bridgehead atoms. The number of carbonyl (C=O) groups excluding carboxylic acids is 1. The second-order valence-corrected chi connectivity index (χ2v) is 5.48. The van der Waals surface area contributed by atoms with Crippen molar-refractivity contribution in [2.75, 3.05) is 5.32 Å². The van der Waals surface area contributed by atoms with E-state index in [0.29, 0.717) is 17.3 Å². The normalized spacial score (nSPS) is 10.5. The van der Waals surface area contributed by atoms with Crippen molar-refractivity contribution < 1.29 is 9.21 Å². The van der Waals surface area contributed by atoms with Crippen LogP contribution in [-0.2, 0) is 11.2 Å². The average molecular weight is 306 g/mol. The van der Waals surface area contributed by atoms with Crippen LogP contribution in [0.3, 0.4) is 0 Å². The zero-order chi connectivity index (χ0) is 16.2. The molecule has 0 spiro atoms. The molecule has 1 aromatic heterocycles.